The van der Waals surface area contributed by atoms with Crippen LogP contribution in [0.2, 0.25) is 0 Å². The van der Waals surface area contributed by atoms with Gasteiger partial charge in [-0.05, 0) is 12.3 Å². The van der Waals surface area contributed by atoms with Crippen LogP contribution in [-0.4, -0.2) is 29.4 Å². The average Bonchev–Trinajstić information content (AvgIpc) is 2.29. The lowest BCUT2D eigenvalue weighted by molar-refractivity contribution is -0.384. The van der Waals surface area contributed by atoms with E-state index in [0.29, 0.717) is 12.3 Å². The van der Waals surface area contributed by atoms with E-state index in [1.165, 1.54) is 11.8 Å². The lowest BCUT2D eigenvalue weighted by Gasteiger charge is -2.04. The van der Waals surface area contributed by atoms with Gasteiger partial charge in [-0.2, -0.15) is 11.8 Å². The number of hydrogen-bond donors (Lipinski definition) is 1. The van der Waals surface area contributed by atoms with Gasteiger partial charge in [0.1, 0.15) is 5.82 Å². The Hall–Kier alpha value is -1.63. The minimum atomic E-state index is -0.766. The summed E-state index contributed by atoms with van der Waals surface area (Å²) in [4.78, 5) is 21.4. The summed E-state index contributed by atoms with van der Waals surface area (Å²) in [6, 6.07) is 2.87. The van der Waals surface area contributed by atoms with E-state index in [1.807, 2.05) is 6.26 Å². The second-order valence-electron chi connectivity index (χ2n) is 3.17. The molecular formula is C10H11FN2O3S. The number of nitrogens with zero attached hydrogens (tertiary/aromatic N) is 1. The molecule has 1 amide bonds. The number of non-ortho nitro benzene ring substituents is 1. The van der Waals surface area contributed by atoms with Crippen molar-refractivity contribution >= 4 is 23.4 Å². The average molecular weight is 258 g/mol. The lowest BCUT2D eigenvalue weighted by Crippen LogP contribution is -2.26. The maximum absolute atomic E-state index is 13.3. The molecule has 17 heavy (non-hydrogen) atoms. The van der Waals surface area contributed by atoms with Crippen LogP contribution in [0.4, 0.5) is 10.1 Å². The fourth-order valence-corrected chi connectivity index (χ4v) is 1.47. The van der Waals surface area contributed by atoms with Crippen molar-refractivity contribution in [2.75, 3.05) is 18.6 Å². The zero-order valence-electron chi connectivity index (χ0n) is 9.10. The van der Waals surface area contributed by atoms with E-state index >= 15 is 0 Å². The summed E-state index contributed by atoms with van der Waals surface area (Å²) in [6.45, 7) is 0.391. The van der Waals surface area contributed by atoms with Gasteiger partial charge in [0.25, 0.3) is 11.6 Å². The SMILES string of the molecule is CSCCNC(=O)c1cc([N+](=O)[O-])ccc1F. The van der Waals surface area contributed by atoms with E-state index in [4.69, 9.17) is 0 Å². The third kappa shape index (κ3) is 3.70. The van der Waals surface area contributed by atoms with Crippen LogP contribution >= 0.6 is 11.8 Å². The van der Waals surface area contributed by atoms with Crippen molar-refractivity contribution in [3.8, 4) is 0 Å². The predicted octanol–water partition coefficient (Wildman–Crippen LogP) is 1.83. The van der Waals surface area contributed by atoms with Gasteiger partial charge >= 0.3 is 0 Å². The molecule has 0 saturated carbocycles. The van der Waals surface area contributed by atoms with Gasteiger partial charge in [-0.1, -0.05) is 0 Å². The standard InChI is InChI=1S/C10H11FN2O3S/c1-17-5-4-12-10(14)8-6-7(13(15)16)2-3-9(8)11/h2-3,6H,4-5H2,1H3,(H,12,14). The Morgan fingerprint density at radius 1 is 1.59 bits per heavy atom. The van der Waals surface area contributed by atoms with Gasteiger partial charge in [0, 0.05) is 24.4 Å². The number of amides is 1. The second-order valence-corrected chi connectivity index (χ2v) is 4.16. The van der Waals surface area contributed by atoms with Crippen molar-refractivity contribution in [2.24, 2.45) is 0 Å². The first kappa shape index (κ1) is 13.4. The number of nitro benzene ring substituents is 1. The van der Waals surface area contributed by atoms with Crippen LogP contribution < -0.4 is 5.32 Å². The molecule has 1 aromatic rings. The molecule has 1 rings (SSSR count). The van der Waals surface area contributed by atoms with E-state index in [1.54, 1.807) is 0 Å². The van der Waals surface area contributed by atoms with Crippen molar-refractivity contribution in [3.63, 3.8) is 0 Å². The summed E-state index contributed by atoms with van der Waals surface area (Å²) in [5, 5.41) is 13.0. The molecule has 0 unspecified atom stereocenters. The van der Waals surface area contributed by atoms with E-state index < -0.39 is 16.6 Å². The van der Waals surface area contributed by atoms with E-state index in [9.17, 15) is 19.3 Å². The summed E-state index contributed by atoms with van der Waals surface area (Å²) < 4.78 is 13.3. The molecule has 7 heteroatoms. The molecule has 0 saturated heterocycles. The highest BCUT2D eigenvalue weighted by atomic mass is 32.2. The van der Waals surface area contributed by atoms with Crippen LogP contribution in [0.1, 0.15) is 10.4 Å². The van der Waals surface area contributed by atoms with Gasteiger partial charge in [-0.3, -0.25) is 14.9 Å². The van der Waals surface area contributed by atoms with Gasteiger partial charge in [0.05, 0.1) is 10.5 Å². The van der Waals surface area contributed by atoms with Crippen LogP contribution in [0.25, 0.3) is 0 Å². The van der Waals surface area contributed by atoms with Crippen LogP contribution in [0, 0.1) is 15.9 Å². The smallest absolute Gasteiger partial charge is 0.270 e. The molecule has 0 spiro atoms. The van der Waals surface area contributed by atoms with Crippen molar-refractivity contribution in [2.45, 2.75) is 0 Å². The third-order valence-electron chi connectivity index (χ3n) is 2.00. The molecule has 0 aliphatic rings. The fourth-order valence-electron chi connectivity index (χ4n) is 1.16. The maximum Gasteiger partial charge on any atom is 0.270 e. The summed E-state index contributed by atoms with van der Waals surface area (Å²) in [5.41, 5.74) is -0.610. The molecule has 0 fully saturated rings. The number of nitrogens with one attached hydrogen (secondary N) is 1. The largest absolute Gasteiger partial charge is 0.351 e. The molecule has 0 aliphatic carbocycles. The highest BCUT2D eigenvalue weighted by Gasteiger charge is 2.16. The molecule has 92 valence electrons. The number of rotatable bonds is 5. The Labute approximate surface area is 102 Å². The number of hydrogen-bond acceptors (Lipinski definition) is 4. The number of benzene rings is 1. The highest BCUT2D eigenvalue weighted by molar-refractivity contribution is 7.98. The van der Waals surface area contributed by atoms with E-state index in [0.717, 1.165) is 18.2 Å². The molecule has 0 heterocycles. The Kier molecular flexibility index (Phi) is 4.89. The summed E-state index contributed by atoms with van der Waals surface area (Å²) in [7, 11) is 0. The number of thioether (sulfide) groups is 1. The molecule has 0 radical (unpaired) electrons. The molecule has 1 aromatic carbocycles. The Balaban J connectivity index is 2.84. The topological polar surface area (TPSA) is 72.2 Å². The normalized spacial score (nSPS) is 10.0. The van der Waals surface area contributed by atoms with Gasteiger partial charge in [0.15, 0.2) is 0 Å². The quantitative estimate of drug-likeness (QED) is 0.497. The minimum Gasteiger partial charge on any atom is -0.351 e. The third-order valence-corrected chi connectivity index (χ3v) is 2.61. The Bertz CT molecular complexity index is 440. The number of nitro groups is 1. The molecular weight excluding hydrogens is 247 g/mol. The van der Waals surface area contributed by atoms with Gasteiger partial charge in [-0.25, -0.2) is 4.39 Å². The van der Waals surface area contributed by atoms with Crippen molar-refractivity contribution in [1.82, 2.24) is 5.32 Å². The van der Waals surface area contributed by atoms with Crippen LogP contribution in [-0.2, 0) is 0 Å². The fraction of sp³-hybridized carbons (Fsp3) is 0.300. The molecule has 0 aromatic heterocycles. The predicted molar refractivity (Wildman–Crippen MR) is 63.8 cm³/mol. The Morgan fingerprint density at radius 3 is 2.88 bits per heavy atom. The first-order chi connectivity index (χ1) is 8.06. The number of halogens is 1. The van der Waals surface area contributed by atoms with Crippen molar-refractivity contribution in [1.29, 1.82) is 0 Å². The highest BCUT2D eigenvalue weighted by Crippen LogP contribution is 2.16. The van der Waals surface area contributed by atoms with Gasteiger partial charge < -0.3 is 5.32 Å². The summed E-state index contributed by atoms with van der Waals surface area (Å²) >= 11 is 1.53. The molecule has 1 N–H and O–H groups in total. The van der Waals surface area contributed by atoms with Crippen molar-refractivity contribution < 1.29 is 14.1 Å². The van der Waals surface area contributed by atoms with E-state index in [2.05, 4.69) is 5.32 Å². The zero-order valence-corrected chi connectivity index (χ0v) is 9.92. The van der Waals surface area contributed by atoms with Crippen LogP contribution in [0.3, 0.4) is 0 Å². The number of carbonyl (C=O) groups excluding carboxylic acids is 1. The number of carbonyl (C=O) groups is 1. The maximum atomic E-state index is 13.3. The first-order valence-corrected chi connectivity index (χ1v) is 6.16. The van der Waals surface area contributed by atoms with Gasteiger partial charge in [-0.15, -0.1) is 0 Å². The molecule has 5 nitrogen and oxygen atoms in total. The Morgan fingerprint density at radius 2 is 2.29 bits per heavy atom. The summed E-state index contributed by atoms with van der Waals surface area (Å²) in [6.07, 6.45) is 1.88. The molecule has 0 atom stereocenters. The van der Waals surface area contributed by atoms with Crippen LogP contribution in [0.5, 0.6) is 0 Å². The first-order valence-electron chi connectivity index (χ1n) is 4.77. The van der Waals surface area contributed by atoms with Crippen LogP contribution in [0.15, 0.2) is 18.2 Å². The van der Waals surface area contributed by atoms with Crippen molar-refractivity contribution in [3.05, 3.63) is 39.7 Å². The lowest BCUT2D eigenvalue weighted by atomic mass is 10.2. The summed E-state index contributed by atoms with van der Waals surface area (Å²) in [5.74, 6) is -0.708. The van der Waals surface area contributed by atoms with Gasteiger partial charge in [0.2, 0.25) is 0 Å². The minimum absolute atomic E-state index is 0.304. The molecule has 0 bridgehead atoms. The molecule has 0 aliphatic heterocycles. The zero-order chi connectivity index (χ0) is 12.8. The second kappa shape index (κ2) is 6.19. The van der Waals surface area contributed by atoms with E-state index in [-0.39, 0.29) is 11.3 Å². The monoisotopic (exact) mass is 258 g/mol.